The van der Waals surface area contributed by atoms with Crippen LogP contribution in [0.5, 0.6) is 0 Å². The van der Waals surface area contributed by atoms with Crippen LogP contribution in [0.3, 0.4) is 0 Å². The molecule has 2 rings (SSSR count). The minimum atomic E-state index is -1.20. The van der Waals surface area contributed by atoms with E-state index in [9.17, 15) is 9.59 Å². The van der Waals surface area contributed by atoms with E-state index in [1.807, 2.05) is 12.1 Å². The molecule has 6 nitrogen and oxygen atoms in total. The predicted molar refractivity (Wildman–Crippen MR) is 72.4 cm³/mol. The Hall–Kier alpha value is -1.28. The number of amides is 1. The molecule has 0 bridgehead atoms. The molecule has 19 heavy (non-hydrogen) atoms. The molecule has 0 saturated carbocycles. The van der Waals surface area contributed by atoms with Crippen LogP contribution in [0.4, 0.5) is 4.79 Å². The lowest BCUT2D eigenvalue weighted by Gasteiger charge is -2.16. The Morgan fingerprint density at radius 2 is 2.16 bits per heavy atom. The van der Waals surface area contributed by atoms with E-state index < -0.39 is 18.1 Å². The van der Waals surface area contributed by atoms with Gasteiger partial charge in [0, 0.05) is 11.8 Å². The quantitative estimate of drug-likeness (QED) is 0.814. The van der Waals surface area contributed by atoms with Crippen LogP contribution in [0.2, 0.25) is 0 Å². The maximum Gasteiger partial charge on any atom is 0.408 e. The van der Waals surface area contributed by atoms with Crippen molar-refractivity contribution in [2.24, 2.45) is 0 Å². The van der Waals surface area contributed by atoms with Crippen LogP contribution >= 0.6 is 27.7 Å². The number of aliphatic carboxylic acids is 1. The molecule has 0 aromatic carbocycles. The first kappa shape index (κ1) is 14.1. The van der Waals surface area contributed by atoms with Crippen molar-refractivity contribution in [1.82, 2.24) is 9.88 Å². The highest BCUT2D eigenvalue weighted by molar-refractivity contribution is 9.10. The van der Waals surface area contributed by atoms with Crippen molar-refractivity contribution in [3.8, 4) is 0 Å². The largest absolute Gasteiger partial charge is 0.480 e. The van der Waals surface area contributed by atoms with Crippen LogP contribution in [0.25, 0.3) is 0 Å². The maximum atomic E-state index is 11.0. The van der Waals surface area contributed by atoms with Gasteiger partial charge in [0.1, 0.15) is 10.6 Å². The van der Waals surface area contributed by atoms with E-state index in [0.29, 0.717) is 11.0 Å². The first-order valence-electron chi connectivity index (χ1n) is 5.49. The number of pyridine rings is 1. The highest BCUT2D eigenvalue weighted by atomic mass is 79.9. The van der Waals surface area contributed by atoms with E-state index in [4.69, 9.17) is 10.2 Å². The van der Waals surface area contributed by atoms with Gasteiger partial charge in [-0.1, -0.05) is 6.07 Å². The Morgan fingerprint density at radius 1 is 1.42 bits per heavy atom. The van der Waals surface area contributed by atoms with Gasteiger partial charge in [-0.25, -0.2) is 14.6 Å². The molecule has 1 saturated heterocycles. The molecule has 0 unspecified atom stereocenters. The zero-order valence-corrected chi connectivity index (χ0v) is 12.1. The second kappa shape index (κ2) is 5.79. The number of rotatable bonds is 3. The third-order valence-electron chi connectivity index (χ3n) is 2.77. The minimum Gasteiger partial charge on any atom is -0.480 e. The number of thioether (sulfide) groups is 1. The van der Waals surface area contributed by atoms with E-state index >= 15 is 0 Å². The number of carboxylic acid groups (broad SMARTS) is 2. The Bertz CT molecular complexity index is 491. The molecule has 0 aliphatic carbocycles. The molecule has 1 fully saturated rings. The number of aromatic nitrogens is 1. The molecule has 1 aromatic rings. The summed E-state index contributed by atoms with van der Waals surface area (Å²) in [6.45, 7) is 0.200. The summed E-state index contributed by atoms with van der Waals surface area (Å²) in [6, 6.07) is 4.47. The van der Waals surface area contributed by atoms with Gasteiger partial charge in [-0.2, -0.15) is 0 Å². The smallest absolute Gasteiger partial charge is 0.408 e. The number of nitrogens with zero attached hydrogens (tertiary/aromatic N) is 2. The van der Waals surface area contributed by atoms with Gasteiger partial charge in [-0.05, 0) is 34.5 Å². The molecular weight excluding hydrogens is 336 g/mol. The van der Waals surface area contributed by atoms with Crippen molar-refractivity contribution < 1.29 is 19.8 Å². The standard InChI is InChI=1S/C11H11BrN2O4S/c12-8-2-1-3-9(13-8)19-6-4-7(10(15)16)14(5-6)11(17)18/h1-3,6-7H,4-5H2,(H,15,16)(H,17,18)/t6-,7-/m0/s1. The average Bonchev–Trinajstić information content (AvgIpc) is 2.73. The molecule has 102 valence electrons. The monoisotopic (exact) mass is 346 g/mol. The molecule has 2 heterocycles. The Kier molecular flexibility index (Phi) is 4.31. The fourth-order valence-electron chi connectivity index (χ4n) is 1.95. The van der Waals surface area contributed by atoms with Crippen molar-refractivity contribution in [1.29, 1.82) is 0 Å². The van der Waals surface area contributed by atoms with E-state index in [2.05, 4.69) is 20.9 Å². The fourth-order valence-corrected chi connectivity index (χ4v) is 3.58. The zero-order valence-electron chi connectivity index (χ0n) is 9.69. The van der Waals surface area contributed by atoms with Gasteiger partial charge in [0.2, 0.25) is 0 Å². The normalized spacial score (nSPS) is 22.5. The first-order valence-corrected chi connectivity index (χ1v) is 7.16. The lowest BCUT2D eigenvalue weighted by molar-refractivity contribution is -0.141. The lowest BCUT2D eigenvalue weighted by atomic mass is 10.2. The van der Waals surface area contributed by atoms with E-state index in [-0.39, 0.29) is 11.8 Å². The summed E-state index contributed by atoms with van der Waals surface area (Å²) in [5.41, 5.74) is 0. The molecule has 8 heteroatoms. The highest BCUT2D eigenvalue weighted by Gasteiger charge is 2.40. The van der Waals surface area contributed by atoms with Crippen LogP contribution in [0.1, 0.15) is 6.42 Å². The van der Waals surface area contributed by atoms with Gasteiger partial charge in [0.05, 0.1) is 5.03 Å². The molecule has 0 spiro atoms. The van der Waals surface area contributed by atoms with E-state index in [1.165, 1.54) is 11.8 Å². The van der Waals surface area contributed by atoms with E-state index in [1.54, 1.807) is 6.07 Å². The molecule has 1 aromatic heterocycles. The number of hydrogen-bond donors (Lipinski definition) is 2. The molecule has 1 aliphatic heterocycles. The molecule has 0 radical (unpaired) electrons. The molecular formula is C11H11BrN2O4S. The zero-order chi connectivity index (χ0) is 14.0. The maximum absolute atomic E-state index is 11.0. The van der Waals surface area contributed by atoms with Gasteiger partial charge < -0.3 is 10.2 Å². The van der Waals surface area contributed by atoms with Crippen LogP contribution in [0.15, 0.2) is 27.8 Å². The Balaban J connectivity index is 2.07. The summed E-state index contributed by atoms with van der Waals surface area (Å²) in [5.74, 6) is -1.10. The van der Waals surface area contributed by atoms with Gasteiger partial charge in [0.25, 0.3) is 0 Å². The Labute approximate surface area is 121 Å². The predicted octanol–water partition coefficient (Wildman–Crippen LogP) is 2.14. The van der Waals surface area contributed by atoms with Crippen LogP contribution in [0, 0.1) is 0 Å². The third-order valence-corrected chi connectivity index (χ3v) is 4.36. The number of halogens is 1. The Morgan fingerprint density at radius 3 is 2.68 bits per heavy atom. The molecule has 1 aliphatic rings. The topological polar surface area (TPSA) is 90.7 Å². The van der Waals surface area contributed by atoms with Crippen molar-refractivity contribution in [3.05, 3.63) is 22.8 Å². The fraction of sp³-hybridized carbons (Fsp3) is 0.364. The SMILES string of the molecule is O=C(O)[C@@H]1C[C@H](Sc2cccc(Br)n2)CN1C(=O)O. The van der Waals surface area contributed by atoms with Crippen molar-refractivity contribution >= 4 is 39.8 Å². The molecule has 1 amide bonds. The molecule has 2 atom stereocenters. The lowest BCUT2D eigenvalue weighted by Crippen LogP contribution is -2.39. The molecule has 2 N–H and O–H groups in total. The van der Waals surface area contributed by atoms with Gasteiger partial charge in [-0.15, -0.1) is 11.8 Å². The van der Waals surface area contributed by atoms with Crippen LogP contribution in [-0.2, 0) is 4.79 Å². The van der Waals surface area contributed by atoms with Crippen LogP contribution < -0.4 is 0 Å². The third kappa shape index (κ3) is 3.38. The summed E-state index contributed by atoms with van der Waals surface area (Å²) in [5, 5.41) is 18.7. The van der Waals surface area contributed by atoms with Crippen molar-refractivity contribution in [3.63, 3.8) is 0 Å². The summed E-state index contributed by atoms with van der Waals surface area (Å²) < 4.78 is 0.695. The van der Waals surface area contributed by atoms with Gasteiger partial charge in [-0.3, -0.25) is 4.90 Å². The minimum absolute atomic E-state index is 0.0981. The van der Waals surface area contributed by atoms with E-state index in [0.717, 1.165) is 9.93 Å². The van der Waals surface area contributed by atoms with Crippen LogP contribution in [-0.4, -0.2) is 50.0 Å². The first-order chi connectivity index (χ1) is 8.97. The summed E-state index contributed by atoms with van der Waals surface area (Å²) >= 11 is 4.66. The number of carbonyl (C=O) groups is 2. The number of carboxylic acids is 1. The highest BCUT2D eigenvalue weighted by Crippen LogP contribution is 2.32. The summed E-state index contributed by atoms with van der Waals surface area (Å²) in [4.78, 5) is 27.2. The van der Waals surface area contributed by atoms with Gasteiger partial charge in [0.15, 0.2) is 0 Å². The number of likely N-dealkylation sites (tertiary alicyclic amines) is 1. The van der Waals surface area contributed by atoms with Crippen molar-refractivity contribution in [2.45, 2.75) is 22.7 Å². The second-order valence-electron chi connectivity index (χ2n) is 4.06. The second-order valence-corrected chi connectivity index (χ2v) is 6.20. The van der Waals surface area contributed by atoms with Gasteiger partial charge >= 0.3 is 12.1 Å². The summed E-state index contributed by atoms with van der Waals surface area (Å²) in [7, 11) is 0. The van der Waals surface area contributed by atoms with Crippen molar-refractivity contribution in [2.75, 3.05) is 6.54 Å². The average molecular weight is 347 g/mol. The summed E-state index contributed by atoms with van der Waals surface area (Å²) in [6.07, 6.45) is -0.904. The number of hydrogen-bond acceptors (Lipinski definition) is 4.